The van der Waals surface area contributed by atoms with Crippen LogP contribution in [0.25, 0.3) is 0 Å². The maximum absolute atomic E-state index is 5.80. The van der Waals surface area contributed by atoms with E-state index in [4.69, 9.17) is 16.3 Å². The number of halogens is 1. The molecule has 0 heterocycles. The van der Waals surface area contributed by atoms with Gasteiger partial charge in [0.2, 0.25) is 0 Å². The van der Waals surface area contributed by atoms with Crippen LogP contribution in [0.1, 0.15) is 22.3 Å². The monoisotopic (exact) mass is 260 g/mol. The molecule has 0 atom stereocenters. The standard InChI is InChI=1S/C16H17ClO/c1-12-6-7-15(13(2)8-12)11-18-16-5-3-4-14(9-16)10-17/h3-9H,10-11H2,1-2H3. The summed E-state index contributed by atoms with van der Waals surface area (Å²) in [6, 6.07) is 14.3. The van der Waals surface area contributed by atoms with Gasteiger partial charge in [0.05, 0.1) is 0 Å². The fraction of sp³-hybridized carbons (Fsp3) is 0.250. The van der Waals surface area contributed by atoms with E-state index in [2.05, 4.69) is 32.0 Å². The van der Waals surface area contributed by atoms with Crippen molar-refractivity contribution in [2.24, 2.45) is 0 Å². The summed E-state index contributed by atoms with van der Waals surface area (Å²) in [5.41, 5.74) is 4.84. The smallest absolute Gasteiger partial charge is 0.120 e. The molecule has 0 aliphatic carbocycles. The first-order valence-electron chi connectivity index (χ1n) is 6.03. The Kier molecular flexibility index (Phi) is 4.27. The molecule has 0 bridgehead atoms. The first kappa shape index (κ1) is 13.0. The van der Waals surface area contributed by atoms with Gasteiger partial charge in [0.1, 0.15) is 12.4 Å². The van der Waals surface area contributed by atoms with Crippen LogP contribution in [-0.4, -0.2) is 0 Å². The topological polar surface area (TPSA) is 9.23 Å². The van der Waals surface area contributed by atoms with Gasteiger partial charge in [-0.3, -0.25) is 0 Å². The molecule has 0 unspecified atom stereocenters. The van der Waals surface area contributed by atoms with Gasteiger partial charge in [0.25, 0.3) is 0 Å². The SMILES string of the molecule is Cc1ccc(COc2cccc(CCl)c2)c(C)c1. The van der Waals surface area contributed by atoms with Gasteiger partial charge in [0, 0.05) is 5.88 Å². The molecule has 0 spiro atoms. The number of benzene rings is 2. The molecule has 0 N–H and O–H groups in total. The minimum atomic E-state index is 0.515. The van der Waals surface area contributed by atoms with Gasteiger partial charge >= 0.3 is 0 Å². The van der Waals surface area contributed by atoms with Crippen molar-refractivity contribution >= 4 is 11.6 Å². The molecule has 2 heteroatoms. The van der Waals surface area contributed by atoms with E-state index < -0.39 is 0 Å². The molecular weight excluding hydrogens is 244 g/mol. The van der Waals surface area contributed by atoms with Crippen LogP contribution in [0.3, 0.4) is 0 Å². The van der Waals surface area contributed by atoms with Crippen LogP contribution in [0.2, 0.25) is 0 Å². The summed E-state index contributed by atoms with van der Waals surface area (Å²) in [4.78, 5) is 0. The lowest BCUT2D eigenvalue weighted by molar-refractivity contribution is 0.305. The van der Waals surface area contributed by atoms with E-state index in [1.807, 2.05) is 24.3 Å². The van der Waals surface area contributed by atoms with Crippen LogP contribution >= 0.6 is 11.6 Å². The van der Waals surface area contributed by atoms with Gasteiger partial charge in [-0.2, -0.15) is 0 Å². The summed E-state index contributed by atoms with van der Waals surface area (Å²) in [5, 5.41) is 0. The van der Waals surface area contributed by atoms with E-state index in [1.54, 1.807) is 0 Å². The van der Waals surface area contributed by atoms with Gasteiger partial charge in [-0.25, -0.2) is 0 Å². The zero-order valence-corrected chi connectivity index (χ0v) is 11.5. The number of hydrogen-bond donors (Lipinski definition) is 0. The highest BCUT2D eigenvalue weighted by atomic mass is 35.5. The summed E-state index contributed by atoms with van der Waals surface area (Å²) in [6.45, 7) is 4.81. The second kappa shape index (κ2) is 5.92. The molecule has 0 saturated heterocycles. The Hall–Kier alpha value is -1.47. The Balaban J connectivity index is 2.06. The molecule has 2 rings (SSSR count). The molecule has 1 nitrogen and oxygen atoms in total. The Labute approximate surface area is 113 Å². The number of alkyl halides is 1. The van der Waals surface area contributed by atoms with Crippen LogP contribution in [0.4, 0.5) is 0 Å². The summed E-state index contributed by atoms with van der Waals surface area (Å²) in [6.07, 6.45) is 0. The molecule has 18 heavy (non-hydrogen) atoms. The fourth-order valence-corrected chi connectivity index (χ4v) is 2.05. The lowest BCUT2D eigenvalue weighted by Gasteiger charge is -2.10. The van der Waals surface area contributed by atoms with Crippen molar-refractivity contribution in [2.75, 3.05) is 0 Å². The summed E-state index contributed by atoms with van der Waals surface area (Å²) in [7, 11) is 0. The van der Waals surface area contributed by atoms with Gasteiger partial charge in [0.15, 0.2) is 0 Å². The predicted molar refractivity (Wildman–Crippen MR) is 76.2 cm³/mol. The molecule has 0 saturated carbocycles. The molecule has 0 fully saturated rings. The lowest BCUT2D eigenvalue weighted by Crippen LogP contribution is -1.98. The Morgan fingerprint density at radius 3 is 2.61 bits per heavy atom. The highest BCUT2D eigenvalue weighted by Crippen LogP contribution is 2.18. The minimum absolute atomic E-state index is 0.515. The number of aryl methyl sites for hydroxylation is 2. The highest BCUT2D eigenvalue weighted by molar-refractivity contribution is 6.17. The molecule has 0 amide bonds. The van der Waals surface area contributed by atoms with Gasteiger partial charge in [-0.05, 0) is 42.7 Å². The van der Waals surface area contributed by atoms with Gasteiger partial charge in [-0.15, -0.1) is 11.6 Å². The average Bonchev–Trinajstić information content (AvgIpc) is 2.38. The van der Waals surface area contributed by atoms with Crippen LogP contribution in [0.5, 0.6) is 5.75 Å². The Morgan fingerprint density at radius 1 is 1.06 bits per heavy atom. The molecule has 2 aromatic rings. The number of rotatable bonds is 4. The molecule has 94 valence electrons. The third-order valence-electron chi connectivity index (χ3n) is 2.95. The quantitative estimate of drug-likeness (QED) is 0.729. The van der Waals surface area contributed by atoms with E-state index >= 15 is 0 Å². The zero-order chi connectivity index (χ0) is 13.0. The predicted octanol–water partition coefficient (Wildman–Crippen LogP) is 4.62. The van der Waals surface area contributed by atoms with Crippen molar-refractivity contribution in [2.45, 2.75) is 26.3 Å². The number of hydrogen-bond acceptors (Lipinski definition) is 1. The molecule has 0 aliphatic heterocycles. The fourth-order valence-electron chi connectivity index (χ4n) is 1.89. The van der Waals surface area contributed by atoms with Gasteiger partial charge in [-0.1, -0.05) is 35.9 Å². The lowest BCUT2D eigenvalue weighted by atomic mass is 10.1. The third kappa shape index (κ3) is 3.27. The van der Waals surface area contributed by atoms with Crippen LogP contribution < -0.4 is 4.74 Å². The van der Waals surface area contributed by atoms with Crippen molar-refractivity contribution in [3.63, 3.8) is 0 Å². The molecule has 2 aromatic carbocycles. The summed E-state index contributed by atoms with van der Waals surface area (Å²) >= 11 is 5.80. The first-order chi connectivity index (χ1) is 8.69. The number of ether oxygens (including phenoxy) is 1. The largest absolute Gasteiger partial charge is 0.489 e. The normalized spacial score (nSPS) is 10.4. The van der Waals surface area contributed by atoms with E-state index in [-0.39, 0.29) is 0 Å². The van der Waals surface area contributed by atoms with Crippen molar-refractivity contribution in [1.82, 2.24) is 0 Å². The van der Waals surface area contributed by atoms with Crippen LogP contribution in [-0.2, 0) is 12.5 Å². The van der Waals surface area contributed by atoms with E-state index in [1.165, 1.54) is 16.7 Å². The Bertz CT molecular complexity index is 534. The molecule has 0 aromatic heterocycles. The van der Waals surface area contributed by atoms with Crippen LogP contribution in [0, 0.1) is 13.8 Å². The van der Waals surface area contributed by atoms with Crippen molar-refractivity contribution in [1.29, 1.82) is 0 Å². The third-order valence-corrected chi connectivity index (χ3v) is 3.25. The van der Waals surface area contributed by atoms with E-state index in [9.17, 15) is 0 Å². The average molecular weight is 261 g/mol. The van der Waals surface area contributed by atoms with Crippen molar-refractivity contribution in [3.05, 3.63) is 64.7 Å². The van der Waals surface area contributed by atoms with Gasteiger partial charge < -0.3 is 4.74 Å². The Morgan fingerprint density at radius 2 is 1.89 bits per heavy atom. The van der Waals surface area contributed by atoms with E-state index in [0.29, 0.717) is 12.5 Å². The highest BCUT2D eigenvalue weighted by Gasteiger charge is 2.01. The first-order valence-corrected chi connectivity index (χ1v) is 6.56. The molecule has 0 aliphatic rings. The maximum atomic E-state index is 5.80. The molecule has 0 radical (unpaired) electrons. The van der Waals surface area contributed by atoms with E-state index in [0.717, 1.165) is 11.3 Å². The maximum Gasteiger partial charge on any atom is 0.120 e. The van der Waals surface area contributed by atoms with Crippen molar-refractivity contribution in [3.8, 4) is 5.75 Å². The summed E-state index contributed by atoms with van der Waals surface area (Å²) < 4.78 is 5.80. The van der Waals surface area contributed by atoms with Crippen molar-refractivity contribution < 1.29 is 4.74 Å². The summed E-state index contributed by atoms with van der Waals surface area (Å²) in [5.74, 6) is 1.38. The van der Waals surface area contributed by atoms with Crippen LogP contribution in [0.15, 0.2) is 42.5 Å². The molecular formula is C16H17ClO. The second-order valence-electron chi connectivity index (χ2n) is 4.50. The zero-order valence-electron chi connectivity index (χ0n) is 10.7. The second-order valence-corrected chi connectivity index (χ2v) is 4.77. The minimum Gasteiger partial charge on any atom is -0.489 e.